The molecule has 0 spiro atoms. The topological polar surface area (TPSA) is 96.0 Å². The lowest BCUT2D eigenvalue weighted by atomic mass is 10.1. The third-order valence-corrected chi connectivity index (χ3v) is 8.82. The van der Waals surface area contributed by atoms with E-state index in [9.17, 15) is 18.0 Å². The Kier molecular flexibility index (Phi) is 11.5. The van der Waals surface area contributed by atoms with Crippen molar-refractivity contribution in [3.05, 3.63) is 88.4 Å². The minimum Gasteiger partial charge on any atom is -0.497 e. The average molecular weight is 621 g/mol. The van der Waals surface area contributed by atoms with Gasteiger partial charge in [-0.3, -0.25) is 13.9 Å². The summed E-state index contributed by atoms with van der Waals surface area (Å²) in [7, 11) is -2.73. The molecule has 0 saturated carbocycles. The van der Waals surface area contributed by atoms with Gasteiger partial charge in [0, 0.05) is 23.1 Å². The van der Waals surface area contributed by atoms with Crippen LogP contribution in [0.15, 0.2) is 77.7 Å². The number of methoxy groups -OCH3 is 1. The lowest BCUT2D eigenvalue weighted by molar-refractivity contribution is -0.140. The molecule has 0 aromatic heterocycles. The van der Waals surface area contributed by atoms with Crippen molar-refractivity contribution in [2.75, 3.05) is 24.5 Å². The highest BCUT2D eigenvalue weighted by Crippen LogP contribution is 2.28. The molecule has 2 amide bonds. The van der Waals surface area contributed by atoms with Crippen LogP contribution in [0.2, 0.25) is 10.0 Å². The first-order valence-corrected chi connectivity index (χ1v) is 15.4. The molecule has 0 saturated heterocycles. The minimum atomic E-state index is -4.22. The van der Waals surface area contributed by atoms with Gasteiger partial charge in [0.25, 0.3) is 10.0 Å². The van der Waals surface area contributed by atoms with Crippen LogP contribution in [0, 0.1) is 5.92 Å². The van der Waals surface area contributed by atoms with E-state index in [1.165, 1.54) is 48.4 Å². The zero-order valence-electron chi connectivity index (χ0n) is 23.5. The van der Waals surface area contributed by atoms with Crippen LogP contribution in [0.4, 0.5) is 5.69 Å². The van der Waals surface area contributed by atoms with Crippen molar-refractivity contribution in [3.8, 4) is 5.75 Å². The van der Waals surface area contributed by atoms with Crippen LogP contribution < -0.4 is 14.4 Å². The quantitative estimate of drug-likeness (QED) is 0.262. The van der Waals surface area contributed by atoms with E-state index in [4.69, 9.17) is 27.9 Å². The van der Waals surface area contributed by atoms with Crippen molar-refractivity contribution < 1.29 is 22.7 Å². The normalized spacial score (nSPS) is 12.1. The molecule has 0 aliphatic carbocycles. The molecule has 8 nitrogen and oxygen atoms in total. The van der Waals surface area contributed by atoms with Gasteiger partial charge >= 0.3 is 0 Å². The average Bonchev–Trinajstić information content (AvgIpc) is 2.96. The number of anilines is 1. The summed E-state index contributed by atoms with van der Waals surface area (Å²) in [5.74, 6) is -0.192. The van der Waals surface area contributed by atoms with Crippen LogP contribution in [-0.2, 0) is 26.2 Å². The van der Waals surface area contributed by atoms with Gasteiger partial charge in [0.1, 0.15) is 18.3 Å². The van der Waals surface area contributed by atoms with E-state index < -0.39 is 28.5 Å². The molecule has 41 heavy (non-hydrogen) atoms. The lowest BCUT2D eigenvalue weighted by Gasteiger charge is -2.33. The number of amides is 2. The molecule has 0 radical (unpaired) electrons. The van der Waals surface area contributed by atoms with Crippen molar-refractivity contribution in [1.82, 2.24) is 10.2 Å². The molecule has 1 atom stereocenters. The van der Waals surface area contributed by atoms with E-state index in [0.717, 1.165) is 4.31 Å². The molecule has 0 unspecified atom stereocenters. The Morgan fingerprint density at radius 3 is 2.15 bits per heavy atom. The Balaban J connectivity index is 2.05. The SMILES string of the molecule is CC[C@@H](C(=O)NCC(C)C)N(Cc1ccccc1Cl)C(=O)CN(c1ccc(Cl)cc1)S(=O)(=O)c1ccc(OC)cc1. The number of carbonyl (C=O) groups excluding carboxylic acids is 2. The van der Waals surface area contributed by atoms with Crippen molar-refractivity contribution in [3.63, 3.8) is 0 Å². The summed E-state index contributed by atoms with van der Waals surface area (Å²) in [6, 6.07) is 18.2. The summed E-state index contributed by atoms with van der Waals surface area (Å²) in [5, 5.41) is 3.75. The van der Waals surface area contributed by atoms with Gasteiger partial charge in [-0.2, -0.15) is 0 Å². The Bertz CT molecular complexity index is 1430. The van der Waals surface area contributed by atoms with E-state index in [0.29, 0.717) is 34.3 Å². The van der Waals surface area contributed by atoms with Crippen molar-refractivity contribution in [2.24, 2.45) is 5.92 Å². The standard InChI is InChI=1S/C30H35Cl2N3O5S/c1-5-28(30(37)33-18-21(2)3)34(19-22-8-6-7-9-27(22)32)29(36)20-35(24-12-10-23(31)11-13-24)41(38,39)26-16-14-25(40-4)15-17-26/h6-17,21,28H,5,18-20H2,1-4H3,(H,33,37)/t28-/m0/s1. The highest BCUT2D eigenvalue weighted by atomic mass is 35.5. The largest absolute Gasteiger partial charge is 0.497 e. The summed E-state index contributed by atoms with van der Waals surface area (Å²) in [6.07, 6.45) is 0.312. The number of carbonyl (C=O) groups is 2. The van der Waals surface area contributed by atoms with Gasteiger partial charge < -0.3 is 15.0 Å². The zero-order valence-corrected chi connectivity index (χ0v) is 25.8. The van der Waals surface area contributed by atoms with E-state index in [1.54, 1.807) is 43.3 Å². The first-order chi connectivity index (χ1) is 19.5. The zero-order chi connectivity index (χ0) is 30.2. The number of nitrogens with one attached hydrogen (secondary N) is 1. The molecule has 3 rings (SSSR count). The maximum Gasteiger partial charge on any atom is 0.264 e. The van der Waals surface area contributed by atoms with Gasteiger partial charge in [0.05, 0.1) is 17.7 Å². The molecular formula is C30H35Cl2N3O5S. The number of benzene rings is 3. The number of ether oxygens (including phenoxy) is 1. The third kappa shape index (κ3) is 8.38. The molecule has 0 aliphatic rings. The number of nitrogens with zero attached hydrogens (tertiary/aromatic N) is 2. The van der Waals surface area contributed by atoms with Crippen molar-refractivity contribution in [1.29, 1.82) is 0 Å². The highest BCUT2D eigenvalue weighted by molar-refractivity contribution is 7.92. The molecular weight excluding hydrogens is 585 g/mol. The summed E-state index contributed by atoms with van der Waals surface area (Å²) < 4.78 is 34.0. The lowest BCUT2D eigenvalue weighted by Crippen LogP contribution is -2.52. The number of hydrogen-bond acceptors (Lipinski definition) is 5. The third-order valence-electron chi connectivity index (χ3n) is 6.41. The molecule has 0 bridgehead atoms. The van der Waals surface area contributed by atoms with Gasteiger partial charge in [0.2, 0.25) is 11.8 Å². The minimum absolute atomic E-state index is 0.0170. The predicted octanol–water partition coefficient (Wildman–Crippen LogP) is 5.78. The fourth-order valence-electron chi connectivity index (χ4n) is 4.16. The second-order valence-corrected chi connectivity index (χ2v) is 12.5. The molecule has 3 aromatic rings. The monoisotopic (exact) mass is 619 g/mol. The van der Waals surface area contributed by atoms with E-state index in [-0.39, 0.29) is 29.0 Å². The van der Waals surface area contributed by atoms with Crippen LogP contribution in [0.1, 0.15) is 32.8 Å². The second-order valence-electron chi connectivity index (χ2n) is 9.84. The smallest absolute Gasteiger partial charge is 0.264 e. The van der Waals surface area contributed by atoms with Crippen LogP contribution in [0.25, 0.3) is 0 Å². The van der Waals surface area contributed by atoms with Crippen LogP contribution in [0.3, 0.4) is 0 Å². The summed E-state index contributed by atoms with van der Waals surface area (Å²) in [5.41, 5.74) is 0.877. The molecule has 0 aliphatic heterocycles. The molecule has 0 heterocycles. The Morgan fingerprint density at radius 2 is 1.59 bits per heavy atom. The van der Waals surface area contributed by atoms with Crippen molar-refractivity contribution >= 4 is 50.7 Å². The summed E-state index contributed by atoms with van der Waals surface area (Å²) in [4.78, 5) is 28.7. The maximum absolute atomic E-state index is 14.1. The molecule has 220 valence electrons. The second kappa shape index (κ2) is 14.6. The Morgan fingerprint density at radius 1 is 0.951 bits per heavy atom. The number of rotatable bonds is 13. The molecule has 0 fully saturated rings. The van der Waals surface area contributed by atoms with Gasteiger partial charge in [-0.05, 0) is 72.5 Å². The van der Waals surface area contributed by atoms with Crippen molar-refractivity contribution in [2.45, 2.75) is 44.7 Å². The highest BCUT2D eigenvalue weighted by Gasteiger charge is 2.34. The van der Waals surface area contributed by atoms with Gasteiger partial charge in [-0.1, -0.05) is 62.2 Å². The van der Waals surface area contributed by atoms with Gasteiger partial charge in [0.15, 0.2) is 0 Å². The number of hydrogen-bond donors (Lipinski definition) is 1. The maximum atomic E-state index is 14.1. The Hall–Kier alpha value is -3.27. The molecule has 1 N–H and O–H groups in total. The van der Waals surface area contributed by atoms with E-state index in [1.807, 2.05) is 13.8 Å². The van der Waals surface area contributed by atoms with Crippen LogP contribution >= 0.6 is 23.2 Å². The summed E-state index contributed by atoms with van der Waals surface area (Å²) in [6.45, 7) is 5.64. The fraction of sp³-hybridized carbons (Fsp3) is 0.333. The Labute approximate surface area is 252 Å². The van der Waals surface area contributed by atoms with Gasteiger partial charge in [-0.25, -0.2) is 8.42 Å². The first-order valence-electron chi connectivity index (χ1n) is 13.2. The molecule has 3 aromatic carbocycles. The fourth-order valence-corrected chi connectivity index (χ4v) is 5.90. The van der Waals surface area contributed by atoms with Crippen LogP contribution in [-0.4, -0.2) is 51.4 Å². The van der Waals surface area contributed by atoms with E-state index in [2.05, 4.69) is 5.32 Å². The predicted molar refractivity (Wildman–Crippen MR) is 163 cm³/mol. The molecule has 11 heteroatoms. The van der Waals surface area contributed by atoms with E-state index >= 15 is 0 Å². The number of sulfonamides is 1. The summed E-state index contributed by atoms with van der Waals surface area (Å²) >= 11 is 12.5. The van der Waals surface area contributed by atoms with Crippen LogP contribution in [0.5, 0.6) is 5.75 Å². The van der Waals surface area contributed by atoms with Gasteiger partial charge in [-0.15, -0.1) is 0 Å². The number of halogens is 2. The first kappa shape index (κ1) is 32.2.